The van der Waals surface area contributed by atoms with Crippen molar-refractivity contribution < 1.29 is 0 Å². The molecule has 0 unspecified atom stereocenters. The van der Waals surface area contributed by atoms with Gasteiger partial charge in [0, 0.05) is 35.1 Å². The summed E-state index contributed by atoms with van der Waals surface area (Å²) in [6, 6.07) is 2.43. The van der Waals surface area contributed by atoms with E-state index in [9.17, 15) is 0 Å². The van der Waals surface area contributed by atoms with Crippen molar-refractivity contribution in [2.24, 2.45) is 0 Å². The van der Waals surface area contributed by atoms with E-state index in [2.05, 4.69) is 42.0 Å². The highest BCUT2D eigenvalue weighted by Gasteiger charge is 2.14. The molecule has 0 atom stereocenters. The lowest BCUT2D eigenvalue weighted by atomic mass is 10.2. The Morgan fingerprint density at radius 2 is 2.28 bits per heavy atom. The van der Waals surface area contributed by atoms with Gasteiger partial charge in [0.15, 0.2) is 0 Å². The summed E-state index contributed by atoms with van der Waals surface area (Å²) in [6.45, 7) is 6.70. The van der Waals surface area contributed by atoms with Crippen LogP contribution in [0.2, 0.25) is 0 Å². The maximum Gasteiger partial charge on any atom is 0.0325 e. The molecule has 0 fully saturated rings. The second kappa shape index (κ2) is 7.53. The highest BCUT2D eigenvalue weighted by atomic mass is 32.2. The van der Waals surface area contributed by atoms with Gasteiger partial charge in [0.2, 0.25) is 0 Å². The molecule has 1 aliphatic heterocycles. The van der Waals surface area contributed by atoms with Crippen LogP contribution < -0.4 is 5.32 Å². The van der Waals surface area contributed by atoms with Gasteiger partial charge in [-0.05, 0) is 43.8 Å². The Kier molecular flexibility index (Phi) is 6.02. The van der Waals surface area contributed by atoms with E-state index >= 15 is 0 Å². The maximum absolute atomic E-state index is 3.46. The first-order valence-electron chi connectivity index (χ1n) is 6.87. The Labute approximate surface area is 119 Å². The molecule has 1 aromatic rings. The first-order chi connectivity index (χ1) is 8.79. The van der Waals surface area contributed by atoms with E-state index in [1.165, 1.54) is 24.3 Å². The minimum absolute atomic E-state index is 1.10. The van der Waals surface area contributed by atoms with Crippen molar-refractivity contribution in [3.05, 3.63) is 21.4 Å². The van der Waals surface area contributed by atoms with Crippen LogP contribution in [0.5, 0.6) is 0 Å². The van der Waals surface area contributed by atoms with E-state index in [4.69, 9.17) is 0 Å². The van der Waals surface area contributed by atoms with Crippen LogP contribution in [-0.2, 0) is 18.7 Å². The smallest absolute Gasteiger partial charge is 0.0325 e. The Hall–Kier alpha value is -0.0300. The van der Waals surface area contributed by atoms with Crippen molar-refractivity contribution in [2.45, 2.75) is 32.1 Å². The minimum atomic E-state index is 1.10. The quantitative estimate of drug-likeness (QED) is 0.775. The third-order valence-corrected chi connectivity index (χ3v) is 5.43. The number of nitrogens with one attached hydrogen (secondary N) is 1. The molecule has 102 valence electrons. The van der Waals surface area contributed by atoms with E-state index in [1.807, 2.05) is 11.3 Å². The molecule has 4 heteroatoms. The van der Waals surface area contributed by atoms with Gasteiger partial charge in [0.05, 0.1) is 0 Å². The summed E-state index contributed by atoms with van der Waals surface area (Å²) >= 11 is 4.10. The number of aryl methyl sites for hydroxylation is 1. The van der Waals surface area contributed by atoms with E-state index in [0.717, 1.165) is 26.2 Å². The zero-order valence-electron chi connectivity index (χ0n) is 11.5. The molecule has 2 rings (SSSR count). The van der Waals surface area contributed by atoms with Gasteiger partial charge < -0.3 is 10.2 Å². The van der Waals surface area contributed by atoms with Crippen LogP contribution in [0.4, 0.5) is 0 Å². The lowest BCUT2D eigenvalue weighted by molar-refractivity contribution is 0.327. The highest BCUT2D eigenvalue weighted by Crippen LogP contribution is 2.32. The van der Waals surface area contributed by atoms with Gasteiger partial charge in [0.25, 0.3) is 0 Å². The van der Waals surface area contributed by atoms with Crippen LogP contribution in [-0.4, -0.2) is 37.3 Å². The molecule has 1 N–H and O–H groups in total. The van der Waals surface area contributed by atoms with Gasteiger partial charge in [0.1, 0.15) is 0 Å². The number of rotatable bonds is 7. The normalized spacial score (nSPS) is 15.1. The minimum Gasteiger partial charge on any atom is -0.315 e. The number of thioether (sulfide) groups is 1. The van der Waals surface area contributed by atoms with Gasteiger partial charge in [-0.1, -0.05) is 6.92 Å². The topological polar surface area (TPSA) is 15.3 Å². The Morgan fingerprint density at radius 1 is 1.39 bits per heavy atom. The average molecular weight is 284 g/mol. The second-order valence-electron chi connectivity index (χ2n) is 4.95. The molecule has 2 heterocycles. The van der Waals surface area contributed by atoms with Gasteiger partial charge >= 0.3 is 0 Å². The number of likely N-dealkylation sites (N-methyl/N-ethyl adjacent to an activating group) is 1. The van der Waals surface area contributed by atoms with Gasteiger partial charge in [-0.15, -0.1) is 11.3 Å². The lowest BCUT2D eigenvalue weighted by Gasteiger charge is -2.15. The first-order valence-corrected chi connectivity index (χ1v) is 8.84. The molecule has 0 saturated carbocycles. The molecule has 0 radical (unpaired) electrons. The van der Waals surface area contributed by atoms with E-state index in [0.29, 0.717) is 0 Å². The summed E-state index contributed by atoms with van der Waals surface area (Å²) in [6.07, 6.45) is 2.51. The Bertz CT molecular complexity index is 339. The summed E-state index contributed by atoms with van der Waals surface area (Å²) in [5.74, 6) is 2.54. The average Bonchev–Trinajstić information content (AvgIpc) is 2.76. The third-order valence-electron chi connectivity index (χ3n) is 3.20. The molecular formula is C14H24N2S2. The van der Waals surface area contributed by atoms with Gasteiger partial charge in [-0.2, -0.15) is 11.8 Å². The molecule has 0 bridgehead atoms. The molecular weight excluding hydrogens is 260 g/mol. The van der Waals surface area contributed by atoms with Gasteiger partial charge in [-0.25, -0.2) is 0 Å². The lowest BCUT2D eigenvalue weighted by Crippen LogP contribution is -2.29. The van der Waals surface area contributed by atoms with Crippen LogP contribution in [0.15, 0.2) is 6.07 Å². The number of hydrogen-bond acceptors (Lipinski definition) is 4. The van der Waals surface area contributed by atoms with Gasteiger partial charge in [-0.3, -0.25) is 0 Å². The SMILES string of the molecule is CCCNCCN(C)Cc1cc2c(s1)CCSC2. The molecule has 0 amide bonds. The van der Waals surface area contributed by atoms with Crippen LogP contribution in [0.3, 0.4) is 0 Å². The highest BCUT2D eigenvalue weighted by molar-refractivity contribution is 7.98. The molecule has 0 aliphatic carbocycles. The Balaban J connectivity index is 1.76. The van der Waals surface area contributed by atoms with Crippen molar-refractivity contribution in [1.29, 1.82) is 0 Å². The summed E-state index contributed by atoms with van der Waals surface area (Å²) in [7, 11) is 2.22. The number of nitrogens with zero attached hydrogens (tertiary/aromatic N) is 1. The van der Waals surface area contributed by atoms with E-state index in [1.54, 1.807) is 15.3 Å². The molecule has 1 aromatic heterocycles. The number of fused-ring (bicyclic) bond motifs is 1. The first kappa shape index (κ1) is 14.4. The molecule has 0 spiro atoms. The molecule has 0 aromatic carbocycles. The van der Waals surface area contributed by atoms with Crippen molar-refractivity contribution in [1.82, 2.24) is 10.2 Å². The molecule has 1 aliphatic rings. The zero-order valence-corrected chi connectivity index (χ0v) is 13.1. The van der Waals surface area contributed by atoms with Crippen molar-refractivity contribution >= 4 is 23.1 Å². The predicted molar refractivity (Wildman–Crippen MR) is 83.7 cm³/mol. The van der Waals surface area contributed by atoms with Crippen molar-refractivity contribution in [2.75, 3.05) is 32.4 Å². The maximum atomic E-state index is 3.46. The summed E-state index contributed by atoms with van der Waals surface area (Å²) < 4.78 is 0. The van der Waals surface area contributed by atoms with Crippen LogP contribution >= 0.6 is 23.1 Å². The van der Waals surface area contributed by atoms with Crippen LogP contribution in [0, 0.1) is 0 Å². The zero-order chi connectivity index (χ0) is 12.8. The van der Waals surface area contributed by atoms with Crippen LogP contribution in [0.25, 0.3) is 0 Å². The fourth-order valence-electron chi connectivity index (χ4n) is 2.20. The van der Waals surface area contributed by atoms with E-state index in [-0.39, 0.29) is 0 Å². The number of hydrogen-bond donors (Lipinski definition) is 1. The summed E-state index contributed by atoms with van der Waals surface area (Å²) in [5.41, 5.74) is 1.60. The van der Waals surface area contributed by atoms with Crippen LogP contribution in [0.1, 0.15) is 28.7 Å². The predicted octanol–water partition coefficient (Wildman–Crippen LogP) is 2.97. The fourth-order valence-corrected chi connectivity index (χ4v) is 4.66. The number of thiophene rings is 1. The Morgan fingerprint density at radius 3 is 3.06 bits per heavy atom. The fraction of sp³-hybridized carbons (Fsp3) is 0.714. The second-order valence-corrected chi connectivity index (χ2v) is 7.28. The molecule has 0 saturated heterocycles. The third kappa shape index (κ3) is 4.26. The molecule has 18 heavy (non-hydrogen) atoms. The summed E-state index contributed by atoms with van der Waals surface area (Å²) in [5, 5.41) is 3.46. The largest absolute Gasteiger partial charge is 0.315 e. The van der Waals surface area contributed by atoms with Crippen molar-refractivity contribution in [3.8, 4) is 0 Å². The van der Waals surface area contributed by atoms with E-state index < -0.39 is 0 Å². The van der Waals surface area contributed by atoms with Crippen molar-refractivity contribution in [3.63, 3.8) is 0 Å². The molecule has 2 nitrogen and oxygen atoms in total. The monoisotopic (exact) mass is 284 g/mol. The summed E-state index contributed by atoms with van der Waals surface area (Å²) in [4.78, 5) is 5.61. The standard InChI is InChI=1S/C14H24N2S2/c1-3-5-15-6-7-16(2)10-13-9-12-11-17-8-4-14(12)18-13/h9,15H,3-8,10-11H2,1-2H3.